The summed E-state index contributed by atoms with van der Waals surface area (Å²) in [4.78, 5) is 0. The molecule has 0 saturated heterocycles. The molecule has 0 spiro atoms. The first-order chi connectivity index (χ1) is 10.6. The summed E-state index contributed by atoms with van der Waals surface area (Å²) >= 11 is 0. The Morgan fingerprint density at radius 2 is 1.64 bits per heavy atom. The number of rotatable bonds is 11. The van der Waals surface area contributed by atoms with Crippen LogP contribution in [0.3, 0.4) is 0 Å². The van der Waals surface area contributed by atoms with Crippen LogP contribution in [0, 0.1) is 0 Å². The topological polar surface area (TPSA) is 55.8 Å². The van der Waals surface area contributed by atoms with E-state index in [9.17, 15) is 9.67 Å². The monoisotopic (exact) mass is 328 g/mol. The number of aliphatic hydroxyl groups excluding tert-OH is 1. The molecule has 0 fully saturated rings. The molecule has 0 aromatic heterocycles. The van der Waals surface area contributed by atoms with Gasteiger partial charge in [-0.05, 0) is 12.0 Å². The highest BCUT2D eigenvalue weighted by atomic mass is 31.2. The largest absolute Gasteiger partial charge is 0.387 e. The van der Waals surface area contributed by atoms with Crippen LogP contribution in [0.1, 0.15) is 57.1 Å². The Kier molecular flexibility index (Phi) is 8.96. The molecule has 1 aromatic rings. The van der Waals surface area contributed by atoms with Gasteiger partial charge in [-0.1, -0.05) is 69.4 Å². The lowest BCUT2D eigenvalue weighted by molar-refractivity contribution is 0.144. The van der Waals surface area contributed by atoms with Crippen molar-refractivity contribution in [2.24, 2.45) is 0 Å². The first kappa shape index (κ1) is 19.4. The molecule has 0 aliphatic heterocycles. The second-order valence-electron chi connectivity index (χ2n) is 5.53. The van der Waals surface area contributed by atoms with Crippen molar-refractivity contribution in [3.05, 3.63) is 35.9 Å². The molecule has 1 N–H and O–H groups in total. The number of hydrogen-bond acceptors (Lipinski definition) is 4. The van der Waals surface area contributed by atoms with Crippen LogP contribution in [0.2, 0.25) is 0 Å². The van der Waals surface area contributed by atoms with E-state index in [0.717, 1.165) is 24.8 Å². The zero-order chi connectivity index (χ0) is 16.4. The molecule has 1 rings (SSSR count). The molecule has 1 aromatic carbocycles. The maximum absolute atomic E-state index is 12.8. The average molecular weight is 328 g/mol. The van der Waals surface area contributed by atoms with Crippen LogP contribution >= 0.6 is 7.60 Å². The molecule has 5 heteroatoms. The third kappa shape index (κ3) is 5.51. The molecule has 0 radical (unpaired) electrons. The molecule has 4 nitrogen and oxygen atoms in total. The van der Waals surface area contributed by atoms with E-state index in [2.05, 4.69) is 6.92 Å². The van der Waals surface area contributed by atoms with Gasteiger partial charge in [0.1, 0.15) is 0 Å². The summed E-state index contributed by atoms with van der Waals surface area (Å²) in [6.07, 6.45) is 5.30. The summed E-state index contributed by atoms with van der Waals surface area (Å²) < 4.78 is 23.1. The zero-order valence-electron chi connectivity index (χ0n) is 13.9. The zero-order valence-corrected chi connectivity index (χ0v) is 14.8. The summed E-state index contributed by atoms with van der Waals surface area (Å²) in [5.74, 6) is 0. The number of aliphatic hydroxyl groups is 1. The van der Waals surface area contributed by atoms with E-state index in [1.807, 2.05) is 30.3 Å². The highest BCUT2D eigenvalue weighted by Gasteiger charge is 2.39. The number of unbranched alkanes of at least 4 members (excludes halogenated alkanes) is 4. The van der Waals surface area contributed by atoms with E-state index in [0.29, 0.717) is 6.42 Å². The Morgan fingerprint density at radius 3 is 2.18 bits per heavy atom. The van der Waals surface area contributed by atoms with Gasteiger partial charge in [-0.3, -0.25) is 4.57 Å². The average Bonchev–Trinajstić information content (AvgIpc) is 2.57. The predicted octanol–water partition coefficient (Wildman–Crippen LogP) is 4.94. The molecule has 2 unspecified atom stereocenters. The van der Waals surface area contributed by atoms with E-state index in [-0.39, 0.29) is 0 Å². The van der Waals surface area contributed by atoms with Gasteiger partial charge in [-0.15, -0.1) is 0 Å². The minimum atomic E-state index is -3.32. The van der Waals surface area contributed by atoms with E-state index in [1.165, 1.54) is 27.1 Å². The van der Waals surface area contributed by atoms with Crippen molar-refractivity contribution in [3.8, 4) is 0 Å². The lowest BCUT2D eigenvalue weighted by atomic mass is 10.0. The fourth-order valence-corrected chi connectivity index (χ4v) is 4.37. The van der Waals surface area contributed by atoms with Crippen LogP contribution in [0.15, 0.2) is 30.3 Å². The van der Waals surface area contributed by atoms with E-state index in [4.69, 9.17) is 9.05 Å². The Morgan fingerprint density at radius 1 is 1.05 bits per heavy atom. The normalized spacial score (nSPS) is 14.7. The van der Waals surface area contributed by atoms with Crippen LogP contribution in [0.25, 0.3) is 0 Å². The molecule has 0 saturated carbocycles. The van der Waals surface area contributed by atoms with Gasteiger partial charge in [-0.25, -0.2) is 0 Å². The first-order valence-electron chi connectivity index (χ1n) is 8.03. The van der Waals surface area contributed by atoms with Gasteiger partial charge in [0.05, 0.1) is 11.8 Å². The minimum Gasteiger partial charge on any atom is -0.387 e. The summed E-state index contributed by atoms with van der Waals surface area (Å²) in [5.41, 5.74) is 0.210. The van der Waals surface area contributed by atoms with Crippen molar-refractivity contribution < 1.29 is 18.7 Å². The SMILES string of the molecule is CCCCCCCC(C(O)c1ccccc1)P(=O)(OC)OC. The molecular weight excluding hydrogens is 299 g/mol. The number of benzene rings is 1. The van der Waals surface area contributed by atoms with Crippen LogP contribution in [-0.2, 0) is 13.6 Å². The predicted molar refractivity (Wildman–Crippen MR) is 90.2 cm³/mol. The Bertz CT molecular complexity index is 441. The quantitative estimate of drug-likeness (QED) is 0.462. The van der Waals surface area contributed by atoms with Crippen molar-refractivity contribution in [2.45, 2.75) is 57.2 Å². The molecule has 0 bridgehead atoms. The Balaban J connectivity index is 2.80. The standard InChI is InChI=1S/C17H29O4P/c1-4-5-6-7-11-14-16(22(19,20-2)21-3)17(18)15-12-9-8-10-13-15/h8-10,12-13,16-18H,4-7,11,14H2,1-3H3. The highest BCUT2D eigenvalue weighted by Crippen LogP contribution is 2.57. The fraction of sp³-hybridized carbons (Fsp3) is 0.647. The molecule has 0 heterocycles. The van der Waals surface area contributed by atoms with Crippen molar-refractivity contribution in [1.29, 1.82) is 0 Å². The van der Waals surface area contributed by atoms with Crippen molar-refractivity contribution >= 4 is 7.60 Å². The summed E-state index contributed by atoms with van der Waals surface area (Å²) in [7, 11) is -0.556. The molecule has 0 amide bonds. The summed E-state index contributed by atoms with van der Waals surface area (Å²) in [6.45, 7) is 2.17. The molecule has 0 aliphatic carbocycles. The molecule has 126 valence electrons. The van der Waals surface area contributed by atoms with Crippen molar-refractivity contribution in [1.82, 2.24) is 0 Å². The van der Waals surface area contributed by atoms with Gasteiger partial charge in [0.15, 0.2) is 0 Å². The molecule has 0 aliphatic rings. The van der Waals surface area contributed by atoms with E-state index in [1.54, 1.807) is 0 Å². The molecule has 2 atom stereocenters. The van der Waals surface area contributed by atoms with Gasteiger partial charge in [0.2, 0.25) is 0 Å². The van der Waals surface area contributed by atoms with E-state index < -0.39 is 19.4 Å². The molecule has 22 heavy (non-hydrogen) atoms. The second-order valence-corrected chi connectivity index (χ2v) is 8.00. The van der Waals surface area contributed by atoms with Crippen molar-refractivity contribution in [3.63, 3.8) is 0 Å². The Hall–Kier alpha value is -0.670. The van der Waals surface area contributed by atoms with Gasteiger partial charge in [0, 0.05) is 14.2 Å². The summed E-state index contributed by atoms with van der Waals surface area (Å²) in [5, 5.41) is 10.6. The van der Waals surface area contributed by atoms with Gasteiger partial charge in [-0.2, -0.15) is 0 Å². The van der Waals surface area contributed by atoms with Crippen LogP contribution in [0.5, 0.6) is 0 Å². The third-order valence-corrected chi connectivity index (χ3v) is 6.40. The fourth-order valence-electron chi connectivity index (χ4n) is 2.66. The van der Waals surface area contributed by atoms with E-state index >= 15 is 0 Å². The lowest BCUT2D eigenvalue weighted by Gasteiger charge is -2.28. The maximum atomic E-state index is 12.8. The maximum Gasteiger partial charge on any atom is 0.336 e. The van der Waals surface area contributed by atoms with Crippen molar-refractivity contribution in [2.75, 3.05) is 14.2 Å². The Labute approximate surface area is 134 Å². The number of hydrogen-bond donors (Lipinski definition) is 1. The first-order valence-corrected chi connectivity index (χ1v) is 9.64. The van der Waals surface area contributed by atoms with Gasteiger partial charge in [0.25, 0.3) is 0 Å². The lowest BCUT2D eigenvalue weighted by Crippen LogP contribution is -2.21. The molecular formula is C17H29O4P. The van der Waals surface area contributed by atoms with Gasteiger partial charge >= 0.3 is 7.60 Å². The summed E-state index contributed by atoms with van der Waals surface area (Å²) in [6, 6.07) is 9.29. The van der Waals surface area contributed by atoms with Crippen LogP contribution in [0.4, 0.5) is 0 Å². The second kappa shape index (κ2) is 10.2. The van der Waals surface area contributed by atoms with Crippen LogP contribution in [-0.4, -0.2) is 25.0 Å². The smallest absolute Gasteiger partial charge is 0.336 e. The van der Waals surface area contributed by atoms with Crippen LogP contribution < -0.4 is 0 Å². The van der Waals surface area contributed by atoms with Gasteiger partial charge < -0.3 is 14.2 Å². The highest BCUT2D eigenvalue weighted by molar-refractivity contribution is 7.54. The third-order valence-electron chi connectivity index (χ3n) is 4.02. The minimum absolute atomic E-state index is 0.536.